The lowest BCUT2D eigenvalue weighted by Gasteiger charge is -2.22. The molecule has 0 fully saturated rings. The van der Waals surface area contributed by atoms with Crippen molar-refractivity contribution in [1.82, 2.24) is 5.32 Å². The van der Waals surface area contributed by atoms with E-state index in [1.54, 1.807) is 0 Å². The molecule has 0 bridgehead atoms. The van der Waals surface area contributed by atoms with Crippen molar-refractivity contribution in [1.29, 1.82) is 0 Å². The van der Waals surface area contributed by atoms with Crippen molar-refractivity contribution < 1.29 is 24.5 Å². The fourth-order valence-corrected chi connectivity index (χ4v) is 13.2. The quantitative estimate of drug-likeness (QED) is 0.0320. The zero-order valence-electron chi connectivity index (χ0n) is 59.5. The van der Waals surface area contributed by atoms with Gasteiger partial charge in [-0.15, -0.1) is 0 Å². The second-order valence-electron chi connectivity index (χ2n) is 28.1. The maximum Gasteiger partial charge on any atom is 0.305 e. The van der Waals surface area contributed by atoms with E-state index in [2.05, 4.69) is 31.3 Å². The Balaban J connectivity index is 3.28. The molecule has 2 unspecified atom stereocenters. The van der Waals surface area contributed by atoms with E-state index >= 15 is 0 Å². The molecule has 6 nitrogen and oxygen atoms in total. The lowest BCUT2D eigenvalue weighted by atomic mass is 10.0. The van der Waals surface area contributed by atoms with Crippen LogP contribution in [0, 0.1) is 0 Å². The Morgan fingerprint density at radius 2 is 0.540 bits per heavy atom. The SMILES string of the molecule is CCCCCCC/C=C\CCCCCCCC(=O)OCCCCCCCCCCCCCCCCCCCCCCCCCCCCCCCCCCCCCCCCCC(=O)NC(CO)C(O)CCCCCCCCCCCCCCCCCCC. The highest BCUT2D eigenvalue weighted by atomic mass is 16.5. The molecule has 0 spiro atoms. The van der Waals surface area contributed by atoms with Gasteiger partial charge in [-0.3, -0.25) is 9.59 Å². The van der Waals surface area contributed by atoms with E-state index in [0.717, 1.165) is 44.9 Å². The predicted octanol–water partition coefficient (Wildman–Crippen LogP) is 26.7. The summed E-state index contributed by atoms with van der Waals surface area (Å²) >= 11 is 0. The second kappa shape index (κ2) is 77.1. The molecular formula is C81H159NO5. The summed E-state index contributed by atoms with van der Waals surface area (Å²) in [6.07, 6.45) is 97.5. The number of carbonyl (C=O) groups is 2. The average Bonchev–Trinajstić information content (AvgIpc) is 3.54. The molecule has 3 N–H and O–H groups in total. The van der Waals surface area contributed by atoms with Gasteiger partial charge in [0.25, 0.3) is 0 Å². The normalized spacial score (nSPS) is 12.5. The lowest BCUT2D eigenvalue weighted by Crippen LogP contribution is -2.45. The summed E-state index contributed by atoms with van der Waals surface area (Å²) < 4.78 is 5.50. The molecule has 0 aliphatic rings. The summed E-state index contributed by atoms with van der Waals surface area (Å²) in [5.41, 5.74) is 0. The second-order valence-corrected chi connectivity index (χ2v) is 28.1. The van der Waals surface area contributed by atoms with Crippen LogP contribution >= 0.6 is 0 Å². The summed E-state index contributed by atoms with van der Waals surface area (Å²) in [6, 6.07) is -0.536. The number of aliphatic hydroxyl groups is 2. The standard InChI is InChI=1S/C81H159NO5/c1-3-5-7-9-11-13-15-17-19-43-46-49-53-57-61-65-69-73-79(84)78(77-83)82-80(85)74-70-66-62-58-54-50-47-44-41-39-37-35-33-31-29-27-25-23-21-20-22-24-26-28-30-32-34-36-38-40-42-45-48-52-56-60-64-68-72-76-87-81(86)75-71-67-63-59-55-51-18-16-14-12-10-8-6-4-2/h16,18,78-79,83-84H,3-15,17,19-77H2,1-2H3,(H,82,85)/b18-16-. The summed E-state index contributed by atoms with van der Waals surface area (Å²) in [6.45, 7) is 4.99. The van der Waals surface area contributed by atoms with E-state index in [1.807, 2.05) is 0 Å². The van der Waals surface area contributed by atoms with Gasteiger partial charge in [0.1, 0.15) is 0 Å². The van der Waals surface area contributed by atoms with Crippen molar-refractivity contribution in [2.75, 3.05) is 13.2 Å². The molecule has 0 saturated carbocycles. The van der Waals surface area contributed by atoms with Gasteiger partial charge >= 0.3 is 5.97 Å². The van der Waals surface area contributed by atoms with Crippen LogP contribution < -0.4 is 5.32 Å². The van der Waals surface area contributed by atoms with Gasteiger partial charge < -0.3 is 20.3 Å². The van der Waals surface area contributed by atoms with Gasteiger partial charge in [0.05, 0.1) is 25.4 Å². The summed E-state index contributed by atoms with van der Waals surface area (Å²) in [5.74, 6) is -0.00758. The first-order valence-corrected chi connectivity index (χ1v) is 40.4. The van der Waals surface area contributed by atoms with Crippen molar-refractivity contribution in [2.24, 2.45) is 0 Å². The molecule has 0 aromatic carbocycles. The van der Waals surface area contributed by atoms with Gasteiger partial charge in [0, 0.05) is 12.8 Å². The number of ether oxygens (including phenoxy) is 1. The number of carbonyl (C=O) groups excluding carboxylic acids is 2. The van der Waals surface area contributed by atoms with Gasteiger partial charge in [-0.25, -0.2) is 0 Å². The van der Waals surface area contributed by atoms with Gasteiger partial charge in [0.2, 0.25) is 5.91 Å². The number of hydrogen-bond acceptors (Lipinski definition) is 5. The Morgan fingerprint density at radius 3 is 0.816 bits per heavy atom. The predicted molar refractivity (Wildman–Crippen MR) is 384 cm³/mol. The molecule has 0 aromatic rings. The molecular weight excluding hydrogens is 1070 g/mol. The van der Waals surface area contributed by atoms with E-state index in [0.29, 0.717) is 25.9 Å². The fraction of sp³-hybridized carbons (Fsp3) is 0.951. The Kier molecular flexibility index (Phi) is 75.8. The van der Waals surface area contributed by atoms with Crippen LogP contribution in [0.2, 0.25) is 0 Å². The van der Waals surface area contributed by atoms with E-state index in [-0.39, 0.29) is 18.5 Å². The average molecular weight is 1230 g/mol. The van der Waals surface area contributed by atoms with E-state index in [1.165, 1.54) is 392 Å². The first kappa shape index (κ1) is 85.6. The fourth-order valence-electron chi connectivity index (χ4n) is 13.2. The largest absolute Gasteiger partial charge is 0.466 e. The monoisotopic (exact) mass is 1230 g/mol. The topological polar surface area (TPSA) is 95.9 Å². The van der Waals surface area contributed by atoms with Crippen LogP contribution in [0.15, 0.2) is 12.2 Å². The number of esters is 1. The minimum atomic E-state index is -0.659. The Morgan fingerprint density at radius 1 is 0.310 bits per heavy atom. The number of allylic oxidation sites excluding steroid dienone is 2. The number of amides is 1. The van der Waals surface area contributed by atoms with Crippen LogP contribution in [0.4, 0.5) is 0 Å². The van der Waals surface area contributed by atoms with Crippen molar-refractivity contribution in [3.05, 3.63) is 12.2 Å². The third-order valence-electron chi connectivity index (χ3n) is 19.3. The van der Waals surface area contributed by atoms with Crippen LogP contribution in [-0.4, -0.2) is 47.4 Å². The molecule has 518 valence electrons. The van der Waals surface area contributed by atoms with Crippen LogP contribution in [-0.2, 0) is 14.3 Å². The molecule has 0 aliphatic heterocycles. The Labute approximate surface area is 546 Å². The minimum Gasteiger partial charge on any atom is -0.466 e. The molecule has 0 aromatic heterocycles. The van der Waals surface area contributed by atoms with Gasteiger partial charge in [-0.2, -0.15) is 0 Å². The molecule has 87 heavy (non-hydrogen) atoms. The summed E-state index contributed by atoms with van der Waals surface area (Å²) in [5, 5.41) is 23.4. The van der Waals surface area contributed by atoms with Crippen LogP contribution in [0.5, 0.6) is 0 Å². The molecule has 6 heteroatoms. The number of aliphatic hydroxyl groups excluding tert-OH is 2. The number of rotatable bonds is 77. The first-order chi connectivity index (χ1) is 43.0. The van der Waals surface area contributed by atoms with E-state index < -0.39 is 12.1 Å². The van der Waals surface area contributed by atoms with Crippen LogP contribution in [0.25, 0.3) is 0 Å². The molecule has 0 rings (SSSR count). The van der Waals surface area contributed by atoms with Gasteiger partial charge in [-0.05, 0) is 51.4 Å². The summed E-state index contributed by atoms with van der Waals surface area (Å²) in [4.78, 5) is 24.6. The zero-order valence-corrected chi connectivity index (χ0v) is 59.5. The smallest absolute Gasteiger partial charge is 0.305 e. The maximum atomic E-state index is 12.5. The van der Waals surface area contributed by atoms with Crippen LogP contribution in [0.3, 0.4) is 0 Å². The molecule has 0 aliphatic carbocycles. The first-order valence-electron chi connectivity index (χ1n) is 40.4. The third-order valence-corrected chi connectivity index (χ3v) is 19.3. The highest BCUT2D eigenvalue weighted by Gasteiger charge is 2.20. The minimum absolute atomic E-state index is 0.0165. The number of nitrogens with one attached hydrogen (secondary N) is 1. The van der Waals surface area contributed by atoms with Crippen molar-refractivity contribution in [3.63, 3.8) is 0 Å². The highest BCUT2D eigenvalue weighted by Crippen LogP contribution is 2.21. The molecule has 0 saturated heterocycles. The highest BCUT2D eigenvalue weighted by molar-refractivity contribution is 5.76. The maximum absolute atomic E-state index is 12.5. The third kappa shape index (κ3) is 73.5. The Bertz CT molecular complexity index is 1320. The lowest BCUT2D eigenvalue weighted by molar-refractivity contribution is -0.143. The van der Waals surface area contributed by atoms with E-state index in [9.17, 15) is 19.8 Å². The van der Waals surface area contributed by atoms with Crippen LogP contribution in [0.1, 0.15) is 470 Å². The van der Waals surface area contributed by atoms with Gasteiger partial charge in [-0.1, -0.05) is 418 Å². The molecule has 2 atom stereocenters. The van der Waals surface area contributed by atoms with E-state index in [4.69, 9.17) is 4.74 Å². The molecule has 0 heterocycles. The number of hydrogen-bond donors (Lipinski definition) is 3. The molecule has 0 radical (unpaired) electrons. The summed E-state index contributed by atoms with van der Waals surface area (Å²) in [7, 11) is 0. The number of unbranched alkanes of at least 4 members (excludes halogenated alkanes) is 64. The van der Waals surface area contributed by atoms with Crippen molar-refractivity contribution >= 4 is 11.9 Å². The van der Waals surface area contributed by atoms with Gasteiger partial charge in [0.15, 0.2) is 0 Å². The van der Waals surface area contributed by atoms with Crippen molar-refractivity contribution in [3.8, 4) is 0 Å². The Hall–Kier alpha value is -1.40. The zero-order chi connectivity index (χ0) is 62.8. The van der Waals surface area contributed by atoms with Crippen molar-refractivity contribution in [2.45, 2.75) is 482 Å². The molecule has 1 amide bonds.